The third-order valence-electron chi connectivity index (χ3n) is 10.2. The summed E-state index contributed by atoms with van der Waals surface area (Å²) in [5, 5.41) is 11.6. The summed E-state index contributed by atoms with van der Waals surface area (Å²) in [4.78, 5) is 36.9. The second kappa shape index (κ2) is 42.2. The average molecular weight is 838 g/mol. The molecule has 2 atom stereocenters. The van der Waals surface area contributed by atoms with Crippen molar-refractivity contribution in [1.82, 2.24) is 0 Å². The van der Waals surface area contributed by atoms with Crippen LogP contribution in [0.4, 0.5) is 0 Å². The maximum atomic E-state index is 12.7. The Hall–Kier alpha value is -3.49. The number of allylic oxidation sites excluding steroid dienone is 14. The Morgan fingerprint density at radius 1 is 0.500 bits per heavy atom. The molecular formula is C52H87NO7. The van der Waals surface area contributed by atoms with E-state index in [1.54, 1.807) is 21.1 Å². The van der Waals surface area contributed by atoms with Gasteiger partial charge in [0, 0.05) is 19.3 Å². The Morgan fingerprint density at radius 2 is 0.883 bits per heavy atom. The van der Waals surface area contributed by atoms with Crippen LogP contribution in [0.2, 0.25) is 0 Å². The number of carboxylic acid groups (broad SMARTS) is 1. The van der Waals surface area contributed by atoms with E-state index in [9.17, 15) is 19.5 Å². The molecule has 8 heteroatoms. The van der Waals surface area contributed by atoms with Gasteiger partial charge < -0.3 is 28.6 Å². The van der Waals surface area contributed by atoms with E-state index in [1.165, 1.54) is 51.4 Å². The topological polar surface area (TPSA) is 102 Å². The first-order chi connectivity index (χ1) is 29.1. The summed E-state index contributed by atoms with van der Waals surface area (Å²) in [7, 11) is 5.39. The van der Waals surface area contributed by atoms with Crippen molar-refractivity contribution in [3.05, 3.63) is 85.1 Å². The van der Waals surface area contributed by atoms with Gasteiger partial charge in [0.15, 0.2) is 6.10 Å². The number of esters is 2. The number of quaternary nitrogens is 1. The van der Waals surface area contributed by atoms with Gasteiger partial charge in [-0.05, 0) is 64.2 Å². The summed E-state index contributed by atoms with van der Waals surface area (Å²) in [6.45, 7) is 4.55. The minimum absolute atomic E-state index is 0.0194. The van der Waals surface area contributed by atoms with E-state index < -0.39 is 18.1 Å². The Bertz CT molecular complexity index is 1250. The summed E-state index contributed by atoms with van der Waals surface area (Å²) in [5.74, 6) is -1.80. The molecule has 0 fully saturated rings. The molecule has 0 saturated heterocycles. The zero-order chi connectivity index (χ0) is 44.2. The highest BCUT2D eigenvalue weighted by atomic mass is 16.6. The first-order valence-corrected chi connectivity index (χ1v) is 23.7. The Kier molecular flexibility index (Phi) is 39.8. The Balaban J connectivity index is 4.43. The van der Waals surface area contributed by atoms with Gasteiger partial charge in [-0.1, -0.05) is 176 Å². The van der Waals surface area contributed by atoms with E-state index in [0.29, 0.717) is 6.42 Å². The quantitative estimate of drug-likeness (QED) is 0.0261. The van der Waals surface area contributed by atoms with Crippen molar-refractivity contribution < 1.29 is 38.2 Å². The lowest BCUT2D eigenvalue weighted by atomic mass is 10.1. The number of likely N-dealkylation sites (N-methyl/N-ethyl adjacent to an activating group) is 1. The van der Waals surface area contributed by atoms with Crippen LogP contribution in [0.3, 0.4) is 0 Å². The number of hydrogen-bond acceptors (Lipinski definition) is 7. The normalized spacial score (nSPS) is 13.7. The highest BCUT2D eigenvalue weighted by Gasteiger charge is 2.25. The van der Waals surface area contributed by atoms with Gasteiger partial charge in [-0.25, -0.2) is 0 Å². The predicted octanol–water partition coefficient (Wildman–Crippen LogP) is 12.0. The Morgan fingerprint density at radius 3 is 1.33 bits per heavy atom. The van der Waals surface area contributed by atoms with Crippen molar-refractivity contribution >= 4 is 17.9 Å². The van der Waals surface area contributed by atoms with E-state index in [-0.39, 0.29) is 49.1 Å². The monoisotopic (exact) mass is 838 g/mol. The van der Waals surface area contributed by atoms with Crippen molar-refractivity contribution in [3.8, 4) is 0 Å². The average Bonchev–Trinajstić information content (AvgIpc) is 3.21. The summed E-state index contributed by atoms with van der Waals surface area (Å²) in [6, 6.07) is -0.739. The third-order valence-corrected chi connectivity index (χ3v) is 10.2. The number of hydrogen-bond donors (Lipinski definition) is 0. The molecule has 0 aliphatic carbocycles. The molecular weight excluding hydrogens is 751 g/mol. The van der Waals surface area contributed by atoms with Gasteiger partial charge in [-0.15, -0.1) is 0 Å². The van der Waals surface area contributed by atoms with Crippen molar-refractivity contribution in [2.45, 2.75) is 187 Å². The number of unbranched alkanes of at least 4 members (excludes halogenated alkanes) is 18. The third kappa shape index (κ3) is 39.9. The van der Waals surface area contributed by atoms with Gasteiger partial charge >= 0.3 is 11.9 Å². The number of nitrogens with zero attached hydrogens (tertiary/aromatic N) is 1. The van der Waals surface area contributed by atoms with Gasteiger partial charge in [0.2, 0.25) is 0 Å². The first kappa shape index (κ1) is 56.5. The van der Waals surface area contributed by atoms with Crippen LogP contribution in [-0.2, 0) is 28.6 Å². The highest BCUT2D eigenvalue weighted by Crippen LogP contribution is 2.13. The number of carbonyl (C=O) groups excluding carboxylic acids is 3. The highest BCUT2D eigenvalue weighted by molar-refractivity contribution is 5.70. The summed E-state index contributed by atoms with van der Waals surface area (Å²) < 4.78 is 17.2. The predicted molar refractivity (Wildman–Crippen MR) is 249 cm³/mol. The molecule has 342 valence electrons. The van der Waals surface area contributed by atoms with E-state index in [2.05, 4.69) is 92.8 Å². The zero-order valence-electron chi connectivity index (χ0n) is 38.8. The smallest absolute Gasteiger partial charge is 0.306 e. The van der Waals surface area contributed by atoms with Crippen molar-refractivity contribution in [3.63, 3.8) is 0 Å². The van der Waals surface area contributed by atoms with Crippen LogP contribution in [-0.4, -0.2) is 75.5 Å². The molecule has 0 aliphatic rings. The van der Waals surface area contributed by atoms with E-state index in [4.69, 9.17) is 14.2 Å². The van der Waals surface area contributed by atoms with E-state index >= 15 is 0 Å². The molecule has 0 aliphatic heterocycles. The SMILES string of the molecule is CCCCC/C=C/C=C/C=C/C=C/CCCCCCCC(=O)OCC(COCCC(C(=O)[O-])[N+](C)(C)C)OC(=O)CCCCCCC/C=C/C=C/C=C/CCCCCCC. The molecule has 8 nitrogen and oxygen atoms in total. The minimum atomic E-state index is -1.14. The van der Waals surface area contributed by atoms with Crippen LogP contribution in [0.25, 0.3) is 0 Å². The molecule has 0 saturated carbocycles. The van der Waals surface area contributed by atoms with Crippen LogP contribution in [0.15, 0.2) is 85.1 Å². The van der Waals surface area contributed by atoms with E-state index in [0.717, 1.165) is 89.9 Å². The van der Waals surface area contributed by atoms with Crippen molar-refractivity contribution in [2.75, 3.05) is 41.0 Å². The van der Waals surface area contributed by atoms with Crippen molar-refractivity contribution in [1.29, 1.82) is 0 Å². The van der Waals surface area contributed by atoms with Gasteiger partial charge in [0.1, 0.15) is 12.6 Å². The number of carboxylic acids is 1. The van der Waals surface area contributed by atoms with Gasteiger partial charge in [0.05, 0.1) is 40.3 Å². The van der Waals surface area contributed by atoms with E-state index in [1.807, 2.05) is 6.08 Å². The number of carbonyl (C=O) groups is 3. The summed E-state index contributed by atoms with van der Waals surface area (Å²) >= 11 is 0. The molecule has 0 rings (SSSR count). The van der Waals surface area contributed by atoms with Crippen LogP contribution in [0, 0.1) is 0 Å². The molecule has 0 aromatic carbocycles. The molecule has 0 spiro atoms. The van der Waals surface area contributed by atoms with Gasteiger partial charge in [0.25, 0.3) is 0 Å². The fourth-order valence-corrected chi connectivity index (χ4v) is 6.44. The standard InChI is InChI=1S/C52H87NO7/c1-6-8-10-12-14-16-18-20-22-24-26-28-30-32-34-36-38-40-42-50(54)59-47-48(46-58-45-44-49(52(56)57)53(3,4)5)60-51(55)43-41-39-37-35-33-31-29-27-25-23-21-19-17-15-13-11-9-7-2/h14,16,18-29,48-49H,6-13,15,17,30-47H2,1-5H3/b16-14+,20-18+,21-19+,24-22+,25-23+,28-26+,29-27+. The summed E-state index contributed by atoms with van der Waals surface area (Å²) in [6.07, 6.45) is 54.5. The fourth-order valence-electron chi connectivity index (χ4n) is 6.44. The largest absolute Gasteiger partial charge is 0.544 e. The number of rotatable bonds is 41. The lowest BCUT2D eigenvalue weighted by molar-refractivity contribution is -0.889. The number of ether oxygens (including phenoxy) is 3. The summed E-state index contributed by atoms with van der Waals surface area (Å²) in [5.41, 5.74) is 0. The molecule has 0 N–H and O–H groups in total. The maximum absolute atomic E-state index is 12.7. The van der Waals surface area contributed by atoms with Gasteiger partial charge in [-0.3, -0.25) is 9.59 Å². The van der Waals surface area contributed by atoms with Crippen LogP contribution < -0.4 is 5.11 Å². The lowest BCUT2D eigenvalue weighted by Crippen LogP contribution is -2.55. The van der Waals surface area contributed by atoms with Crippen molar-refractivity contribution in [2.24, 2.45) is 0 Å². The second-order valence-corrected chi connectivity index (χ2v) is 16.8. The fraction of sp³-hybridized carbons (Fsp3) is 0.673. The number of aliphatic carboxylic acids is 1. The Labute approximate surface area is 367 Å². The molecule has 0 bridgehead atoms. The molecule has 0 heterocycles. The molecule has 0 aromatic rings. The molecule has 0 amide bonds. The first-order valence-electron chi connectivity index (χ1n) is 23.7. The molecule has 60 heavy (non-hydrogen) atoms. The molecule has 0 aromatic heterocycles. The molecule has 0 radical (unpaired) electrons. The molecule has 2 unspecified atom stereocenters. The minimum Gasteiger partial charge on any atom is -0.544 e. The lowest BCUT2D eigenvalue weighted by Gasteiger charge is -2.34. The van der Waals surface area contributed by atoms with Crippen LogP contribution in [0.1, 0.15) is 174 Å². The zero-order valence-corrected chi connectivity index (χ0v) is 38.8. The van der Waals surface area contributed by atoms with Crippen LogP contribution in [0.5, 0.6) is 0 Å². The van der Waals surface area contributed by atoms with Gasteiger partial charge in [-0.2, -0.15) is 0 Å². The maximum Gasteiger partial charge on any atom is 0.306 e. The second-order valence-electron chi connectivity index (χ2n) is 16.8. The van der Waals surface area contributed by atoms with Crippen LogP contribution >= 0.6 is 0 Å².